The summed E-state index contributed by atoms with van der Waals surface area (Å²) in [7, 11) is -0.837. The molecule has 1 atom stereocenters. The minimum Gasteiger partial charge on any atom is -0.389 e. The van der Waals surface area contributed by atoms with Crippen molar-refractivity contribution in [3.63, 3.8) is 0 Å². The Morgan fingerprint density at radius 1 is 1.31 bits per heavy atom. The third kappa shape index (κ3) is 3.43. The predicted molar refractivity (Wildman–Crippen MR) is 56.3 cm³/mol. The first-order chi connectivity index (χ1) is 6.24. The van der Waals surface area contributed by atoms with Crippen molar-refractivity contribution in [2.45, 2.75) is 20.0 Å². The summed E-state index contributed by atoms with van der Waals surface area (Å²) >= 11 is 0. The van der Waals surface area contributed by atoms with Gasteiger partial charge in [0.05, 0.1) is 20.6 Å². The van der Waals surface area contributed by atoms with Crippen molar-refractivity contribution < 1.29 is 9.63 Å². The molecule has 0 aliphatic heterocycles. The van der Waals surface area contributed by atoms with Crippen molar-refractivity contribution in [2.24, 2.45) is 0 Å². The largest absolute Gasteiger partial charge is 0.389 e. The second-order valence-corrected chi connectivity index (χ2v) is 4.78. The number of hydrogen-bond donors (Lipinski definition) is 1. The van der Waals surface area contributed by atoms with Crippen molar-refractivity contribution in [1.82, 2.24) is 0 Å². The molecule has 0 fully saturated rings. The van der Waals surface area contributed by atoms with E-state index in [0.717, 1.165) is 5.30 Å². The SMILES string of the molecule is CC(C)OP(CO)c1ccccc1. The molecule has 0 aliphatic rings. The lowest BCUT2D eigenvalue weighted by Crippen LogP contribution is -2.09. The molecule has 0 heterocycles. The fourth-order valence-corrected chi connectivity index (χ4v) is 2.39. The molecule has 0 amide bonds. The van der Waals surface area contributed by atoms with Crippen LogP contribution >= 0.6 is 8.15 Å². The highest BCUT2D eigenvalue weighted by atomic mass is 31.1. The maximum atomic E-state index is 9.13. The lowest BCUT2D eigenvalue weighted by atomic mass is 10.4. The number of rotatable bonds is 4. The first-order valence-electron chi connectivity index (χ1n) is 4.34. The highest BCUT2D eigenvalue weighted by Crippen LogP contribution is 2.35. The topological polar surface area (TPSA) is 29.5 Å². The third-order valence-electron chi connectivity index (χ3n) is 1.51. The van der Waals surface area contributed by atoms with Gasteiger partial charge in [-0.05, 0) is 13.8 Å². The molecule has 1 N–H and O–H groups in total. The molecular weight excluding hydrogens is 183 g/mol. The molecule has 1 aromatic rings. The van der Waals surface area contributed by atoms with Crippen LogP contribution in [-0.2, 0) is 4.52 Å². The summed E-state index contributed by atoms with van der Waals surface area (Å²) in [6.45, 7) is 3.96. The van der Waals surface area contributed by atoms with Gasteiger partial charge in [0.2, 0.25) is 0 Å². The Bertz CT molecular complexity index is 236. The summed E-state index contributed by atoms with van der Waals surface area (Å²) in [5.41, 5.74) is 0. The van der Waals surface area contributed by atoms with E-state index in [2.05, 4.69) is 0 Å². The molecule has 0 saturated carbocycles. The van der Waals surface area contributed by atoms with E-state index in [4.69, 9.17) is 9.63 Å². The molecule has 1 rings (SSSR count). The van der Waals surface area contributed by atoms with Gasteiger partial charge in [-0.2, -0.15) is 0 Å². The summed E-state index contributed by atoms with van der Waals surface area (Å²) < 4.78 is 5.60. The van der Waals surface area contributed by atoms with Crippen LogP contribution in [0.4, 0.5) is 0 Å². The molecule has 0 saturated heterocycles. The van der Waals surface area contributed by atoms with Crippen LogP contribution in [0, 0.1) is 0 Å². The first-order valence-corrected chi connectivity index (χ1v) is 5.78. The van der Waals surface area contributed by atoms with Crippen LogP contribution in [0.25, 0.3) is 0 Å². The van der Waals surface area contributed by atoms with Crippen molar-refractivity contribution in [2.75, 3.05) is 6.35 Å². The zero-order chi connectivity index (χ0) is 9.68. The second-order valence-electron chi connectivity index (χ2n) is 3.01. The minimum absolute atomic E-state index is 0.0948. The highest BCUT2D eigenvalue weighted by Gasteiger charge is 2.11. The summed E-state index contributed by atoms with van der Waals surface area (Å²) in [6, 6.07) is 9.87. The van der Waals surface area contributed by atoms with Crippen LogP contribution in [0.3, 0.4) is 0 Å². The van der Waals surface area contributed by atoms with Gasteiger partial charge in [-0.15, -0.1) is 0 Å². The first kappa shape index (κ1) is 10.6. The Labute approximate surface area is 80.4 Å². The minimum atomic E-state index is -0.837. The Morgan fingerprint density at radius 2 is 1.92 bits per heavy atom. The van der Waals surface area contributed by atoms with Crippen molar-refractivity contribution in [1.29, 1.82) is 0 Å². The van der Waals surface area contributed by atoms with Crippen LogP contribution < -0.4 is 5.30 Å². The molecule has 13 heavy (non-hydrogen) atoms. The average molecular weight is 198 g/mol. The van der Waals surface area contributed by atoms with E-state index in [9.17, 15) is 0 Å². The number of aliphatic hydroxyl groups excluding tert-OH is 1. The molecule has 1 aromatic carbocycles. The molecule has 2 nitrogen and oxygen atoms in total. The Balaban J connectivity index is 2.67. The molecule has 0 aliphatic carbocycles. The van der Waals surface area contributed by atoms with Gasteiger partial charge >= 0.3 is 0 Å². The summed E-state index contributed by atoms with van der Waals surface area (Å²) in [5, 5.41) is 10.2. The fraction of sp³-hybridized carbons (Fsp3) is 0.400. The summed E-state index contributed by atoms with van der Waals surface area (Å²) in [5.74, 6) is 0. The average Bonchev–Trinajstić information content (AvgIpc) is 2.15. The Hall–Kier alpha value is -0.430. The van der Waals surface area contributed by atoms with Gasteiger partial charge < -0.3 is 9.63 Å². The molecule has 72 valence electrons. The van der Waals surface area contributed by atoms with E-state index in [-0.39, 0.29) is 12.5 Å². The zero-order valence-corrected chi connectivity index (χ0v) is 8.87. The van der Waals surface area contributed by atoms with Gasteiger partial charge in [0, 0.05) is 5.30 Å². The lowest BCUT2D eigenvalue weighted by Gasteiger charge is -2.17. The van der Waals surface area contributed by atoms with Crippen LogP contribution in [0.2, 0.25) is 0 Å². The number of aliphatic hydroxyl groups is 1. The van der Waals surface area contributed by atoms with Crippen LogP contribution in [0.5, 0.6) is 0 Å². The van der Waals surface area contributed by atoms with E-state index in [1.807, 2.05) is 44.2 Å². The molecule has 3 heteroatoms. The van der Waals surface area contributed by atoms with Crippen molar-refractivity contribution >= 4 is 13.5 Å². The number of benzene rings is 1. The lowest BCUT2D eigenvalue weighted by molar-refractivity contribution is 0.256. The van der Waals surface area contributed by atoms with Gasteiger partial charge in [0.1, 0.15) is 0 Å². The van der Waals surface area contributed by atoms with E-state index < -0.39 is 8.15 Å². The monoisotopic (exact) mass is 198 g/mol. The van der Waals surface area contributed by atoms with Crippen molar-refractivity contribution in [3.05, 3.63) is 30.3 Å². The van der Waals surface area contributed by atoms with Gasteiger partial charge in [-0.3, -0.25) is 0 Å². The summed E-state index contributed by atoms with van der Waals surface area (Å²) in [4.78, 5) is 0. The maximum Gasteiger partial charge on any atom is 0.0913 e. The van der Waals surface area contributed by atoms with Gasteiger partial charge in [0.25, 0.3) is 0 Å². The smallest absolute Gasteiger partial charge is 0.0913 e. The molecule has 0 aromatic heterocycles. The van der Waals surface area contributed by atoms with Crippen LogP contribution in [0.1, 0.15) is 13.8 Å². The van der Waals surface area contributed by atoms with Crippen LogP contribution in [0.15, 0.2) is 30.3 Å². The van der Waals surface area contributed by atoms with Crippen molar-refractivity contribution in [3.8, 4) is 0 Å². The Morgan fingerprint density at radius 3 is 2.38 bits per heavy atom. The van der Waals surface area contributed by atoms with Gasteiger partial charge in [-0.1, -0.05) is 30.3 Å². The van der Waals surface area contributed by atoms with Gasteiger partial charge in [0.15, 0.2) is 0 Å². The van der Waals surface area contributed by atoms with E-state index in [1.165, 1.54) is 0 Å². The second kappa shape index (κ2) is 5.33. The molecule has 0 radical (unpaired) electrons. The molecule has 0 spiro atoms. The molecular formula is C10H15O2P. The Kier molecular flexibility index (Phi) is 4.37. The van der Waals surface area contributed by atoms with Gasteiger partial charge in [-0.25, -0.2) is 0 Å². The molecule has 1 unspecified atom stereocenters. The summed E-state index contributed by atoms with van der Waals surface area (Å²) in [6.07, 6.45) is 0.260. The quantitative estimate of drug-likeness (QED) is 0.750. The third-order valence-corrected chi connectivity index (χ3v) is 3.32. The zero-order valence-electron chi connectivity index (χ0n) is 7.97. The normalized spacial score (nSPS) is 13.2. The van der Waals surface area contributed by atoms with E-state index in [0.29, 0.717) is 0 Å². The fourth-order valence-electron chi connectivity index (χ4n) is 1.02. The standard InChI is InChI=1S/C10H15O2P/c1-9(2)12-13(8-11)10-6-4-3-5-7-10/h3-7,9,11H,8H2,1-2H3. The highest BCUT2D eigenvalue weighted by molar-refractivity contribution is 7.60. The maximum absolute atomic E-state index is 9.13. The van der Waals surface area contributed by atoms with E-state index >= 15 is 0 Å². The van der Waals surface area contributed by atoms with E-state index in [1.54, 1.807) is 0 Å². The number of hydrogen-bond acceptors (Lipinski definition) is 2. The predicted octanol–water partition coefficient (Wildman–Crippen LogP) is 2.08. The molecule has 0 bridgehead atoms. The van der Waals surface area contributed by atoms with Crippen LogP contribution in [-0.4, -0.2) is 17.6 Å².